The summed E-state index contributed by atoms with van der Waals surface area (Å²) in [5, 5.41) is 11.1. The average Bonchev–Trinajstić information content (AvgIpc) is 3.14. The van der Waals surface area contributed by atoms with Crippen molar-refractivity contribution in [1.29, 1.82) is 0 Å². The van der Waals surface area contributed by atoms with Crippen molar-refractivity contribution in [3.05, 3.63) is 78.1 Å². The second-order valence-corrected chi connectivity index (χ2v) is 8.75. The molecule has 0 radical (unpaired) electrons. The van der Waals surface area contributed by atoms with Crippen molar-refractivity contribution < 1.29 is 23.7 Å². The smallest absolute Gasteiger partial charge is 0.134 e. The van der Waals surface area contributed by atoms with E-state index in [4.69, 9.17) is 14.2 Å². The molecule has 0 saturated carbocycles. The molecule has 1 aliphatic heterocycles. The second kappa shape index (κ2) is 11.5. The number of aryl methyl sites for hydroxylation is 2. The van der Waals surface area contributed by atoms with Gasteiger partial charge < -0.3 is 23.9 Å². The summed E-state index contributed by atoms with van der Waals surface area (Å²) in [6.45, 7) is 6.04. The number of halogens is 1. The average molecular weight is 470 g/mol. The maximum absolute atomic E-state index is 13.1. The molecule has 1 atom stereocenters. The predicted molar refractivity (Wildman–Crippen MR) is 126 cm³/mol. The van der Waals surface area contributed by atoms with E-state index in [9.17, 15) is 9.50 Å². The molecule has 34 heavy (non-hydrogen) atoms. The van der Waals surface area contributed by atoms with Crippen molar-refractivity contribution in [3.63, 3.8) is 0 Å². The molecule has 1 aromatic heterocycles. The van der Waals surface area contributed by atoms with Crippen molar-refractivity contribution in [2.75, 3.05) is 39.5 Å². The molecule has 2 aromatic carbocycles. The van der Waals surface area contributed by atoms with Crippen LogP contribution in [-0.2, 0) is 17.8 Å². The first-order chi connectivity index (χ1) is 16.5. The van der Waals surface area contributed by atoms with Crippen LogP contribution in [0.4, 0.5) is 4.39 Å². The highest BCUT2D eigenvalue weighted by Crippen LogP contribution is 2.20. The van der Waals surface area contributed by atoms with Crippen LogP contribution >= 0.6 is 0 Å². The van der Waals surface area contributed by atoms with Gasteiger partial charge in [-0.15, -0.1) is 0 Å². The molecule has 0 bridgehead atoms. The van der Waals surface area contributed by atoms with Gasteiger partial charge in [0, 0.05) is 38.6 Å². The van der Waals surface area contributed by atoms with Crippen LogP contribution in [0, 0.1) is 12.7 Å². The molecule has 1 N–H and O–H groups in total. The number of benzene rings is 2. The minimum Gasteiger partial charge on any atom is -0.494 e. The van der Waals surface area contributed by atoms with Crippen molar-refractivity contribution >= 4 is 0 Å². The number of aliphatic hydroxyl groups is 1. The van der Waals surface area contributed by atoms with Gasteiger partial charge in [-0.05, 0) is 55.3 Å². The van der Waals surface area contributed by atoms with E-state index in [2.05, 4.69) is 20.5 Å². The first kappa shape index (κ1) is 24.2. The van der Waals surface area contributed by atoms with E-state index in [1.165, 1.54) is 12.1 Å². The quantitative estimate of drug-likeness (QED) is 0.459. The van der Waals surface area contributed by atoms with Gasteiger partial charge in [0.25, 0.3) is 0 Å². The first-order valence-electron chi connectivity index (χ1n) is 11.6. The highest BCUT2D eigenvalue weighted by Gasteiger charge is 2.33. The van der Waals surface area contributed by atoms with Gasteiger partial charge in [-0.25, -0.2) is 9.37 Å². The zero-order chi connectivity index (χ0) is 23.8. The van der Waals surface area contributed by atoms with E-state index in [0.29, 0.717) is 38.6 Å². The fourth-order valence-electron chi connectivity index (χ4n) is 4.02. The van der Waals surface area contributed by atoms with Gasteiger partial charge in [-0.1, -0.05) is 12.1 Å². The third-order valence-corrected chi connectivity index (χ3v) is 5.80. The molecule has 1 fully saturated rings. The van der Waals surface area contributed by atoms with Gasteiger partial charge in [-0.2, -0.15) is 0 Å². The van der Waals surface area contributed by atoms with Gasteiger partial charge in [0.1, 0.15) is 35.3 Å². The Morgan fingerprint density at radius 2 is 2.00 bits per heavy atom. The Balaban J connectivity index is 1.28. The summed E-state index contributed by atoms with van der Waals surface area (Å²) in [5.41, 5.74) is -0.0589. The Morgan fingerprint density at radius 3 is 2.79 bits per heavy atom. The number of hydrogen-bond donors (Lipinski definition) is 1. The number of aromatic nitrogens is 2. The van der Waals surface area contributed by atoms with Crippen LogP contribution in [0.1, 0.15) is 17.8 Å². The summed E-state index contributed by atoms with van der Waals surface area (Å²) in [6, 6.07) is 13.8. The molecular formula is C26H32FN3O4. The minimum atomic E-state index is -1.16. The zero-order valence-corrected chi connectivity index (χ0v) is 19.5. The summed E-state index contributed by atoms with van der Waals surface area (Å²) in [4.78, 5) is 6.39. The summed E-state index contributed by atoms with van der Waals surface area (Å²) in [6.07, 6.45) is 4.68. The molecule has 4 rings (SSSR count). The molecule has 0 unspecified atom stereocenters. The number of β-amino-alcohol motifs (C(OH)–C–C–N with tert-alkyl or cyclic N) is 1. The van der Waals surface area contributed by atoms with E-state index in [-0.39, 0.29) is 19.0 Å². The SMILES string of the molecule is Cc1nccn1CCCOc1cccc(CN2CCOC[C@@](O)(COc3ccc(F)cc3)C2)c1. The summed E-state index contributed by atoms with van der Waals surface area (Å²) in [7, 11) is 0. The number of ether oxygens (including phenoxy) is 3. The molecule has 1 saturated heterocycles. The molecule has 0 amide bonds. The molecule has 0 aliphatic carbocycles. The lowest BCUT2D eigenvalue weighted by molar-refractivity contribution is -0.0646. The van der Waals surface area contributed by atoms with E-state index in [1.54, 1.807) is 12.1 Å². The topological polar surface area (TPSA) is 69.0 Å². The van der Waals surface area contributed by atoms with E-state index in [0.717, 1.165) is 30.1 Å². The molecule has 8 heteroatoms. The van der Waals surface area contributed by atoms with Crippen molar-refractivity contribution in [3.8, 4) is 11.5 Å². The van der Waals surface area contributed by atoms with Gasteiger partial charge >= 0.3 is 0 Å². The van der Waals surface area contributed by atoms with E-state index >= 15 is 0 Å². The lowest BCUT2D eigenvalue weighted by Gasteiger charge is -2.30. The van der Waals surface area contributed by atoms with Gasteiger partial charge in [0.2, 0.25) is 0 Å². The van der Waals surface area contributed by atoms with Gasteiger partial charge in [0.15, 0.2) is 0 Å². The highest BCUT2D eigenvalue weighted by molar-refractivity contribution is 5.28. The standard InChI is InChI=1S/C26H32FN3O4/c1-21-28-10-12-30(21)11-3-14-33-25-5-2-4-22(16-25)17-29-13-15-32-19-26(31,18-29)20-34-24-8-6-23(27)7-9-24/h2,4-10,12,16,31H,3,11,13-15,17-20H2,1H3/t26-/m1/s1. The Hall–Kier alpha value is -2.94. The van der Waals surface area contributed by atoms with Crippen LogP contribution in [0.2, 0.25) is 0 Å². The normalized spacial score (nSPS) is 19.0. The lowest BCUT2D eigenvalue weighted by Crippen LogP contribution is -2.48. The second-order valence-electron chi connectivity index (χ2n) is 8.75. The van der Waals surface area contributed by atoms with Crippen LogP contribution < -0.4 is 9.47 Å². The molecular weight excluding hydrogens is 437 g/mol. The molecule has 182 valence electrons. The molecule has 7 nitrogen and oxygen atoms in total. The zero-order valence-electron chi connectivity index (χ0n) is 19.5. The monoisotopic (exact) mass is 469 g/mol. The maximum atomic E-state index is 13.1. The fourth-order valence-corrected chi connectivity index (χ4v) is 4.02. The van der Waals surface area contributed by atoms with Gasteiger partial charge in [-0.3, -0.25) is 4.90 Å². The Kier molecular flexibility index (Phi) is 8.16. The van der Waals surface area contributed by atoms with Crippen LogP contribution in [0.25, 0.3) is 0 Å². The first-order valence-corrected chi connectivity index (χ1v) is 11.6. The lowest BCUT2D eigenvalue weighted by atomic mass is 10.1. The summed E-state index contributed by atoms with van der Waals surface area (Å²) in [5.74, 6) is 2.03. The van der Waals surface area contributed by atoms with Crippen LogP contribution in [0.5, 0.6) is 11.5 Å². The maximum Gasteiger partial charge on any atom is 0.134 e. The molecule has 3 aromatic rings. The predicted octanol–water partition coefficient (Wildman–Crippen LogP) is 3.44. The summed E-state index contributed by atoms with van der Waals surface area (Å²) >= 11 is 0. The van der Waals surface area contributed by atoms with Gasteiger partial charge in [0.05, 0.1) is 19.8 Å². The number of nitrogens with zero attached hydrogens (tertiary/aromatic N) is 3. The molecule has 2 heterocycles. The highest BCUT2D eigenvalue weighted by atomic mass is 19.1. The van der Waals surface area contributed by atoms with Crippen LogP contribution in [0.15, 0.2) is 60.9 Å². The minimum absolute atomic E-state index is 0.0642. The number of rotatable bonds is 10. The van der Waals surface area contributed by atoms with E-state index < -0.39 is 5.60 Å². The summed E-state index contributed by atoms with van der Waals surface area (Å²) < 4.78 is 32.6. The van der Waals surface area contributed by atoms with Crippen molar-refractivity contribution in [1.82, 2.24) is 14.5 Å². The molecule has 0 spiro atoms. The number of imidazole rings is 1. The molecule has 1 aliphatic rings. The largest absolute Gasteiger partial charge is 0.494 e. The third-order valence-electron chi connectivity index (χ3n) is 5.80. The van der Waals surface area contributed by atoms with Crippen molar-refractivity contribution in [2.45, 2.75) is 32.0 Å². The Bertz CT molecular complexity index is 1040. The van der Waals surface area contributed by atoms with Crippen LogP contribution in [0.3, 0.4) is 0 Å². The van der Waals surface area contributed by atoms with Crippen LogP contribution in [-0.4, -0.2) is 64.7 Å². The van der Waals surface area contributed by atoms with E-state index in [1.807, 2.05) is 37.5 Å². The van der Waals surface area contributed by atoms with Crippen molar-refractivity contribution in [2.24, 2.45) is 0 Å². The fraction of sp³-hybridized carbons (Fsp3) is 0.423. The third kappa shape index (κ3) is 7.03. The number of hydrogen-bond acceptors (Lipinski definition) is 6. The Labute approximate surface area is 199 Å². The Morgan fingerprint density at radius 1 is 1.15 bits per heavy atom.